The highest BCUT2D eigenvalue weighted by atomic mass is 16.5. The monoisotopic (exact) mass is 281 g/mol. The second-order valence-electron chi connectivity index (χ2n) is 5.08. The third-order valence-corrected chi connectivity index (χ3v) is 2.76. The molecular weight excluding hydrogens is 258 g/mol. The van der Waals surface area contributed by atoms with Crippen LogP contribution in [0.2, 0.25) is 0 Å². The predicted octanol–water partition coefficient (Wildman–Crippen LogP) is 2.41. The van der Waals surface area contributed by atoms with Gasteiger partial charge < -0.3 is 14.8 Å². The molecule has 0 aliphatic rings. The van der Waals surface area contributed by atoms with Gasteiger partial charge in [-0.15, -0.1) is 0 Å². The van der Waals surface area contributed by atoms with Crippen molar-refractivity contribution in [2.24, 2.45) is 0 Å². The normalized spacial score (nSPS) is 13.7. The van der Waals surface area contributed by atoms with Gasteiger partial charge in [-0.3, -0.25) is 0 Å². The smallest absolute Gasteiger partial charge is 0.331 e. The highest BCUT2D eigenvalue weighted by Gasteiger charge is 2.34. The second kappa shape index (κ2) is 7.07. The van der Waals surface area contributed by atoms with E-state index in [2.05, 4.69) is 15.3 Å². The minimum absolute atomic E-state index is 0.0281. The number of carbonyl (C=O) groups is 1. The summed E-state index contributed by atoms with van der Waals surface area (Å²) in [6, 6.07) is 1.68. The topological polar surface area (TPSA) is 73.3 Å². The van der Waals surface area contributed by atoms with Crippen LogP contribution in [-0.4, -0.2) is 34.7 Å². The fourth-order valence-corrected chi connectivity index (χ4v) is 1.90. The first kappa shape index (κ1) is 16.2. The Hall–Kier alpha value is -1.85. The van der Waals surface area contributed by atoms with Gasteiger partial charge in [-0.25, -0.2) is 9.78 Å². The molecule has 6 nitrogen and oxygen atoms in total. The maximum absolute atomic E-state index is 11.9. The molecule has 0 bridgehead atoms. The third kappa shape index (κ3) is 4.36. The summed E-state index contributed by atoms with van der Waals surface area (Å²) in [5, 5.41) is 3.04. The zero-order chi connectivity index (χ0) is 15.2. The van der Waals surface area contributed by atoms with Crippen LogP contribution < -0.4 is 10.1 Å². The number of nitrogens with zero attached hydrogens (tertiary/aromatic N) is 2. The minimum atomic E-state index is -0.847. The van der Waals surface area contributed by atoms with E-state index in [4.69, 9.17) is 9.47 Å². The van der Waals surface area contributed by atoms with Gasteiger partial charge in [0.15, 0.2) is 0 Å². The summed E-state index contributed by atoms with van der Waals surface area (Å²) in [6.07, 6.45) is 3.08. The molecule has 0 fully saturated rings. The summed E-state index contributed by atoms with van der Waals surface area (Å²) in [7, 11) is 1.37. The molecule has 6 heteroatoms. The van der Waals surface area contributed by atoms with Crippen molar-refractivity contribution < 1.29 is 14.3 Å². The van der Waals surface area contributed by atoms with Crippen LogP contribution in [-0.2, 0) is 9.53 Å². The quantitative estimate of drug-likeness (QED) is 0.774. The zero-order valence-corrected chi connectivity index (χ0v) is 12.8. The average molecular weight is 281 g/mol. The number of nitrogens with one attached hydrogen (secondary N) is 1. The van der Waals surface area contributed by atoms with Gasteiger partial charge in [-0.05, 0) is 27.2 Å². The molecule has 1 atom stereocenters. The molecule has 1 heterocycles. The maximum atomic E-state index is 11.9. The predicted molar refractivity (Wildman–Crippen MR) is 76.7 cm³/mol. The summed E-state index contributed by atoms with van der Waals surface area (Å²) in [5.74, 6) is 0.490. The van der Waals surface area contributed by atoms with Gasteiger partial charge in [0.05, 0.1) is 13.2 Å². The molecule has 0 saturated heterocycles. The number of rotatable bonds is 7. The van der Waals surface area contributed by atoms with Crippen LogP contribution in [0, 0.1) is 0 Å². The number of hydrogen-bond acceptors (Lipinski definition) is 6. The van der Waals surface area contributed by atoms with Crippen LogP contribution in [0.1, 0.15) is 40.5 Å². The van der Waals surface area contributed by atoms with Gasteiger partial charge in [0.1, 0.15) is 5.54 Å². The minimum Gasteiger partial charge on any atom is -0.475 e. The molecule has 1 aromatic heterocycles. The average Bonchev–Trinajstić information content (AvgIpc) is 2.37. The van der Waals surface area contributed by atoms with Gasteiger partial charge in [0.25, 0.3) is 0 Å². The van der Waals surface area contributed by atoms with Crippen molar-refractivity contribution in [3.63, 3.8) is 0 Å². The number of esters is 1. The lowest BCUT2D eigenvalue weighted by molar-refractivity contribution is -0.145. The van der Waals surface area contributed by atoms with Crippen molar-refractivity contribution >= 4 is 11.9 Å². The van der Waals surface area contributed by atoms with Crippen LogP contribution in [0.3, 0.4) is 0 Å². The molecule has 0 aliphatic carbocycles. The van der Waals surface area contributed by atoms with Crippen molar-refractivity contribution in [1.29, 1.82) is 0 Å². The first-order valence-corrected chi connectivity index (χ1v) is 6.77. The van der Waals surface area contributed by atoms with Gasteiger partial charge in [-0.2, -0.15) is 4.98 Å². The highest BCUT2D eigenvalue weighted by Crippen LogP contribution is 2.20. The van der Waals surface area contributed by atoms with Gasteiger partial charge in [0, 0.05) is 12.3 Å². The van der Waals surface area contributed by atoms with E-state index >= 15 is 0 Å². The number of hydrogen-bond donors (Lipinski definition) is 1. The Bertz CT molecular complexity index is 451. The molecule has 112 valence electrons. The van der Waals surface area contributed by atoms with E-state index in [-0.39, 0.29) is 12.1 Å². The molecule has 1 unspecified atom stereocenters. The molecule has 0 aromatic carbocycles. The Morgan fingerprint density at radius 1 is 1.50 bits per heavy atom. The van der Waals surface area contributed by atoms with Crippen molar-refractivity contribution in [3.8, 4) is 5.88 Å². The first-order valence-electron chi connectivity index (χ1n) is 6.77. The standard InChI is InChI=1S/C14H23N3O3/c1-6-8-14(4,12(18)19-5)17-13-15-9-7-11(16-13)20-10(2)3/h7,9-10H,6,8H2,1-5H3,(H,15,16,17). The fourth-order valence-electron chi connectivity index (χ4n) is 1.90. The zero-order valence-electron chi connectivity index (χ0n) is 12.8. The molecule has 0 spiro atoms. The number of ether oxygens (including phenoxy) is 2. The Kier molecular flexibility index (Phi) is 5.73. The molecule has 1 N–H and O–H groups in total. The molecule has 1 rings (SSSR count). The summed E-state index contributed by atoms with van der Waals surface area (Å²) in [5.41, 5.74) is -0.847. The van der Waals surface area contributed by atoms with Crippen LogP contribution >= 0.6 is 0 Å². The van der Waals surface area contributed by atoms with Crippen LogP contribution in [0.25, 0.3) is 0 Å². The SMILES string of the molecule is CCCC(C)(Nc1nccc(OC(C)C)n1)C(=O)OC. The van der Waals surface area contributed by atoms with Crippen molar-refractivity contribution in [3.05, 3.63) is 12.3 Å². The van der Waals surface area contributed by atoms with Gasteiger partial charge in [-0.1, -0.05) is 13.3 Å². The number of aromatic nitrogens is 2. The lowest BCUT2D eigenvalue weighted by Gasteiger charge is -2.27. The van der Waals surface area contributed by atoms with Gasteiger partial charge in [0.2, 0.25) is 11.8 Å². The van der Waals surface area contributed by atoms with Crippen LogP contribution in [0.5, 0.6) is 5.88 Å². The number of carbonyl (C=O) groups excluding carboxylic acids is 1. The Balaban J connectivity index is 2.91. The molecule has 1 aromatic rings. The summed E-state index contributed by atoms with van der Waals surface area (Å²) < 4.78 is 10.4. The number of anilines is 1. The van der Waals surface area contributed by atoms with E-state index in [1.54, 1.807) is 19.2 Å². The number of methoxy groups -OCH3 is 1. The molecular formula is C14H23N3O3. The molecule has 0 saturated carbocycles. The third-order valence-electron chi connectivity index (χ3n) is 2.76. The van der Waals surface area contributed by atoms with E-state index in [0.29, 0.717) is 18.2 Å². The van der Waals surface area contributed by atoms with E-state index in [1.165, 1.54) is 7.11 Å². The Morgan fingerprint density at radius 3 is 2.75 bits per heavy atom. The Morgan fingerprint density at radius 2 is 2.20 bits per heavy atom. The molecule has 0 radical (unpaired) electrons. The molecule has 0 amide bonds. The van der Waals surface area contributed by atoms with E-state index in [0.717, 1.165) is 6.42 Å². The summed E-state index contributed by atoms with van der Waals surface area (Å²) in [6.45, 7) is 7.62. The lowest BCUT2D eigenvalue weighted by Crippen LogP contribution is -2.44. The van der Waals surface area contributed by atoms with Crippen molar-refractivity contribution in [2.45, 2.75) is 52.2 Å². The lowest BCUT2D eigenvalue weighted by atomic mass is 9.96. The van der Waals surface area contributed by atoms with E-state index in [1.807, 2.05) is 20.8 Å². The summed E-state index contributed by atoms with van der Waals surface area (Å²) >= 11 is 0. The van der Waals surface area contributed by atoms with E-state index < -0.39 is 5.54 Å². The summed E-state index contributed by atoms with van der Waals surface area (Å²) in [4.78, 5) is 20.3. The largest absolute Gasteiger partial charge is 0.475 e. The highest BCUT2D eigenvalue weighted by molar-refractivity contribution is 5.83. The second-order valence-corrected chi connectivity index (χ2v) is 5.08. The van der Waals surface area contributed by atoms with E-state index in [9.17, 15) is 4.79 Å². The molecule has 0 aliphatic heterocycles. The van der Waals surface area contributed by atoms with Crippen molar-refractivity contribution in [2.75, 3.05) is 12.4 Å². The Labute approximate surface area is 119 Å². The van der Waals surface area contributed by atoms with Crippen molar-refractivity contribution in [1.82, 2.24) is 9.97 Å². The van der Waals surface area contributed by atoms with Gasteiger partial charge >= 0.3 is 5.97 Å². The van der Waals surface area contributed by atoms with Crippen LogP contribution in [0.15, 0.2) is 12.3 Å². The molecule has 20 heavy (non-hydrogen) atoms. The fraction of sp³-hybridized carbons (Fsp3) is 0.643. The maximum Gasteiger partial charge on any atom is 0.331 e. The van der Waals surface area contributed by atoms with Crippen LogP contribution in [0.4, 0.5) is 5.95 Å². The first-order chi connectivity index (χ1) is 9.41.